The van der Waals surface area contributed by atoms with Gasteiger partial charge in [-0.1, -0.05) is 51.1 Å². The first kappa shape index (κ1) is 15.7. The maximum atomic E-state index is 12.7. The van der Waals surface area contributed by atoms with Crippen LogP contribution in [0.3, 0.4) is 0 Å². The van der Waals surface area contributed by atoms with Gasteiger partial charge in [0, 0.05) is 6.20 Å². The van der Waals surface area contributed by atoms with Gasteiger partial charge >= 0.3 is 0 Å². The fraction of sp³-hybridized carbons (Fsp3) is 0.400. The quantitative estimate of drug-likeness (QED) is 0.915. The Morgan fingerprint density at radius 1 is 1.09 bits per heavy atom. The predicted molar refractivity (Wildman–Crippen MR) is 93.7 cm³/mol. The minimum Gasteiger partial charge on any atom is -0.310 e. The molecule has 2 aromatic rings. The summed E-state index contributed by atoms with van der Waals surface area (Å²) in [5.41, 5.74) is 3.24. The Morgan fingerprint density at radius 3 is 2.22 bits per heavy atom. The van der Waals surface area contributed by atoms with Gasteiger partial charge in [-0.15, -0.1) is 0 Å². The van der Waals surface area contributed by atoms with E-state index in [0.717, 1.165) is 24.0 Å². The smallest absolute Gasteiger partial charge is 0.236 e. The number of benzene rings is 1. The number of nitrogens with one attached hydrogen (secondary N) is 1. The lowest BCUT2D eigenvalue weighted by Gasteiger charge is -2.21. The molecule has 1 fully saturated rings. The van der Waals surface area contributed by atoms with E-state index < -0.39 is 0 Å². The van der Waals surface area contributed by atoms with Crippen molar-refractivity contribution in [2.24, 2.45) is 0 Å². The number of pyridine rings is 1. The maximum Gasteiger partial charge on any atom is 0.236 e. The van der Waals surface area contributed by atoms with Gasteiger partial charge < -0.3 is 5.32 Å². The van der Waals surface area contributed by atoms with Gasteiger partial charge in [0.2, 0.25) is 5.91 Å². The second kappa shape index (κ2) is 5.48. The van der Waals surface area contributed by atoms with E-state index in [0.29, 0.717) is 5.82 Å². The van der Waals surface area contributed by atoms with Gasteiger partial charge in [-0.25, -0.2) is 4.98 Å². The van der Waals surface area contributed by atoms with Crippen LogP contribution in [0.5, 0.6) is 0 Å². The van der Waals surface area contributed by atoms with Gasteiger partial charge in [0.05, 0.1) is 5.41 Å². The van der Waals surface area contributed by atoms with Crippen molar-refractivity contribution < 1.29 is 4.79 Å². The first-order valence-electron chi connectivity index (χ1n) is 8.16. The van der Waals surface area contributed by atoms with E-state index in [1.54, 1.807) is 6.20 Å². The summed E-state index contributed by atoms with van der Waals surface area (Å²) in [6.45, 7) is 8.58. The zero-order valence-electron chi connectivity index (χ0n) is 14.3. The molecule has 120 valence electrons. The molecule has 3 rings (SSSR count). The molecule has 0 unspecified atom stereocenters. The van der Waals surface area contributed by atoms with E-state index in [-0.39, 0.29) is 16.7 Å². The molecular weight excluding hydrogens is 284 g/mol. The predicted octanol–water partition coefficient (Wildman–Crippen LogP) is 4.36. The summed E-state index contributed by atoms with van der Waals surface area (Å²) in [4.78, 5) is 17.0. The van der Waals surface area contributed by atoms with Crippen molar-refractivity contribution in [3.8, 4) is 0 Å². The van der Waals surface area contributed by atoms with Crippen LogP contribution in [0, 0.1) is 6.92 Å². The van der Waals surface area contributed by atoms with Crippen LogP contribution >= 0.6 is 0 Å². The molecular formula is C20H24N2O. The van der Waals surface area contributed by atoms with Crippen LogP contribution < -0.4 is 5.32 Å². The summed E-state index contributed by atoms with van der Waals surface area (Å²) >= 11 is 0. The van der Waals surface area contributed by atoms with Crippen molar-refractivity contribution >= 4 is 11.7 Å². The molecule has 23 heavy (non-hydrogen) atoms. The highest BCUT2D eigenvalue weighted by molar-refractivity contribution is 6.00. The number of amides is 1. The SMILES string of the molecule is Cc1ccc(NC(=O)C2(c3ccc(C(C)(C)C)cc3)CC2)nc1. The number of hydrogen-bond donors (Lipinski definition) is 1. The van der Waals surface area contributed by atoms with Crippen LogP contribution in [0.4, 0.5) is 5.82 Å². The van der Waals surface area contributed by atoms with Crippen LogP contribution in [-0.2, 0) is 15.6 Å². The minimum atomic E-state index is -0.372. The fourth-order valence-corrected chi connectivity index (χ4v) is 2.84. The van der Waals surface area contributed by atoms with Crippen molar-refractivity contribution in [1.82, 2.24) is 4.98 Å². The number of anilines is 1. The van der Waals surface area contributed by atoms with Gasteiger partial charge in [0.1, 0.15) is 5.82 Å². The molecule has 1 amide bonds. The fourth-order valence-electron chi connectivity index (χ4n) is 2.84. The molecule has 3 nitrogen and oxygen atoms in total. The average molecular weight is 308 g/mol. The number of carbonyl (C=O) groups excluding carboxylic acids is 1. The number of aryl methyl sites for hydroxylation is 1. The Hall–Kier alpha value is -2.16. The summed E-state index contributed by atoms with van der Waals surface area (Å²) in [5.74, 6) is 0.676. The lowest BCUT2D eigenvalue weighted by molar-refractivity contribution is -0.118. The third kappa shape index (κ3) is 3.14. The number of nitrogens with zero attached hydrogens (tertiary/aromatic N) is 1. The molecule has 1 aliphatic rings. The molecule has 1 heterocycles. The second-order valence-electron chi connectivity index (χ2n) is 7.58. The van der Waals surface area contributed by atoms with E-state index in [2.05, 4.69) is 55.3 Å². The molecule has 3 heteroatoms. The molecule has 1 aromatic heterocycles. The monoisotopic (exact) mass is 308 g/mol. The van der Waals surface area contributed by atoms with E-state index in [9.17, 15) is 4.79 Å². The molecule has 0 atom stereocenters. The largest absolute Gasteiger partial charge is 0.310 e. The Bertz CT molecular complexity index is 705. The molecule has 0 spiro atoms. The van der Waals surface area contributed by atoms with Gasteiger partial charge in [0.25, 0.3) is 0 Å². The standard InChI is InChI=1S/C20H24N2O/c1-14-5-10-17(21-13-14)22-18(23)20(11-12-20)16-8-6-15(7-9-16)19(2,3)4/h5-10,13H,11-12H2,1-4H3,(H,21,22,23). The zero-order valence-corrected chi connectivity index (χ0v) is 14.3. The third-order valence-corrected chi connectivity index (χ3v) is 4.64. The lowest BCUT2D eigenvalue weighted by atomic mass is 9.85. The first-order valence-corrected chi connectivity index (χ1v) is 8.16. The van der Waals surface area contributed by atoms with Gasteiger partial charge in [-0.2, -0.15) is 0 Å². The van der Waals surface area contributed by atoms with Crippen molar-refractivity contribution in [2.75, 3.05) is 5.32 Å². The summed E-state index contributed by atoms with van der Waals surface area (Å²) < 4.78 is 0. The number of rotatable bonds is 3. The van der Waals surface area contributed by atoms with E-state index >= 15 is 0 Å². The Morgan fingerprint density at radius 2 is 1.74 bits per heavy atom. The van der Waals surface area contributed by atoms with Crippen LogP contribution in [0.2, 0.25) is 0 Å². The Balaban J connectivity index is 1.78. The Kier molecular flexibility index (Phi) is 3.75. The molecule has 1 aromatic carbocycles. The number of hydrogen-bond acceptors (Lipinski definition) is 2. The minimum absolute atomic E-state index is 0.0531. The van der Waals surface area contributed by atoms with Crippen molar-refractivity contribution in [2.45, 2.75) is 51.4 Å². The molecule has 0 radical (unpaired) electrons. The number of aromatic nitrogens is 1. The summed E-state index contributed by atoms with van der Waals surface area (Å²) in [6.07, 6.45) is 3.58. The zero-order chi connectivity index (χ0) is 16.7. The highest BCUT2D eigenvalue weighted by Gasteiger charge is 2.51. The third-order valence-electron chi connectivity index (χ3n) is 4.64. The van der Waals surface area contributed by atoms with Crippen molar-refractivity contribution in [3.63, 3.8) is 0 Å². The average Bonchev–Trinajstić information content (AvgIpc) is 3.31. The first-order chi connectivity index (χ1) is 10.8. The van der Waals surface area contributed by atoms with Crippen LogP contribution in [0.1, 0.15) is 50.3 Å². The van der Waals surface area contributed by atoms with E-state index in [1.165, 1.54) is 5.56 Å². The Labute approximate surface area is 138 Å². The normalized spacial score (nSPS) is 16.0. The molecule has 1 aliphatic carbocycles. The highest BCUT2D eigenvalue weighted by Crippen LogP contribution is 2.49. The molecule has 1 N–H and O–H groups in total. The molecule has 0 bridgehead atoms. The summed E-state index contributed by atoms with van der Waals surface area (Å²) in [5, 5.41) is 2.97. The molecule has 0 saturated heterocycles. The summed E-state index contributed by atoms with van der Waals surface area (Å²) in [7, 11) is 0. The lowest BCUT2D eigenvalue weighted by Crippen LogP contribution is -2.28. The van der Waals surface area contributed by atoms with Crippen LogP contribution in [-0.4, -0.2) is 10.9 Å². The van der Waals surface area contributed by atoms with Gasteiger partial charge in [0.15, 0.2) is 0 Å². The molecule has 1 saturated carbocycles. The van der Waals surface area contributed by atoms with Crippen molar-refractivity contribution in [1.29, 1.82) is 0 Å². The van der Waals surface area contributed by atoms with Gasteiger partial charge in [-0.3, -0.25) is 4.79 Å². The van der Waals surface area contributed by atoms with E-state index in [4.69, 9.17) is 0 Å². The second-order valence-corrected chi connectivity index (χ2v) is 7.58. The number of carbonyl (C=O) groups is 1. The molecule has 0 aliphatic heterocycles. The van der Waals surface area contributed by atoms with Crippen LogP contribution in [0.25, 0.3) is 0 Å². The van der Waals surface area contributed by atoms with Crippen LogP contribution in [0.15, 0.2) is 42.6 Å². The topological polar surface area (TPSA) is 42.0 Å². The highest BCUT2D eigenvalue weighted by atomic mass is 16.2. The van der Waals surface area contributed by atoms with Crippen molar-refractivity contribution in [3.05, 3.63) is 59.3 Å². The van der Waals surface area contributed by atoms with E-state index in [1.807, 2.05) is 19.1 Å². The summed E-state index contributed by atoms with van der Waals surface area (Å²) in [6, 6.07) is 12.3. The maximum absolute atomic E-state index is 12.7. The van der Waals surface area contributed by atoms with Gasteiger partial charge in [-0.05, 0) is 47.9 Å².